The van der Waals surface area contributed by atoms with Crippen LogP contribution < -0.4 is 5.32 Å². The van der Waals surface area contributed by atoms with Gasteiger partial charge < -0.3 is 15.3 Å². The third kappa shape index (κ3) is 3.72. The van der Waals surface area contributed by atoms with Gasteiger partial charge in [0.1, 0.15) is 5.82 Å². The maximum Gasteiger partial charge on any atom is 0.317 e. The summed E-state index contributed by atoms with van der Waals surface area (Å²) in [6.45, 7) is 1.28. The number of carbonyl (C=O) groups is 1. The third-order valence-electron chi connectivity index (χ3n) is 5.68. The Labute approximate surface area is 143 Å². The quantitative estimate of drug-likeness (QED) is 0.869. The number of amides is 2. The molecular formula is C19H27FN2O2. The minimum Gasteiger partial charge on any atom is -0.393 e. The lowest BCUT2D eigenvalue weighted by Crippen LogP contribution is -2.47. The fourth-order valence-corrected chi connectivity index (χ4v) is 4.12. The maximum absolute atomic E-state index is 13.2. The van der Waals surface area contributed by atoms with E-state index >= 15 is 0 Å². The summed E-state index contributed by atoms with van der Waals surface area (Å²) in [6, 6.07) is 6.65. The highest BCUT2D eigenvalue weighted by Gasteiger charge is 2.36. The van der Waals surface area contributed by atoms with Crippen LogP contribution in [0.25, 0.3) is 0 Å². The highest BCUT2D eigenvalue weighted by molar-refractivity contribution is 5.74. The van der Waals surface area contributed by atoms with Crippen molar-refractivity contribution >= 4 is 6.03 Å². The molecule has 2 amide bonds. The van der Waals surface area contributed by atoms with Gasteiger partial charge in [0.15, 0.2) is 0 Å². The second-order valence-electron chi connectivity index (χ2n) is 7.52. The average molecular weight is 334 g/mol. The van der Waals surface area contributed by atoms with E-state index in [9.17, 15) is 14.3 Å². The molecule has 1 aromatic rings. The second kappa shape index (κ2) is 7.09. The molecule has 0 atom stereocenters. The second-order valence-corrected chi connectivity index (χ2v) is 7.52. The van der Waals surface area contributed by atoms with Gasteiger partial charge >= 0.3 is 6.03 Å². The van der Waals surface area contributed by atoms with Gasteiger partial charge in [0.2, 0.25) is 0 Å². The van der Waals surface area contributed by atoms with E-state index in [0.717, 1.165) is 44.1 Å². The van der Waals surface area contributed by atoms with E-state index in [0.29, 0.717) is 19.0 Å². The molecule has 4 nitrogen and oxygen atoms in total. The molecule has 5 heteroatoms. The zero-order chi connectivity index (χ0) is 17.2. The van der Waals surface area contributed by atoms with Gasteiger partial charge in [-0.15, -0.1) is 0 Å². The van der Waals surface area contributed by atoms with Crippen molar-refractivity contribution in [3.8, 4) is 0 Å². The lowest BCUT2D eigenvalue weighted by atomic mass is 9.79. The summed E-state index contributed by atoms with van der Waals surface area (Å²) < 4.78 is 13.2. The molecule has 0 saturated heterocycles. The van der Waals surface area contributed by atoms with Crippen LogP contribution in [0.4, 0.5) is 9.18 Å². The van der Waals surface area contributed by atoms with Gasteiger partial charge in [-0.2, -0.15) is 0 Å². The number of aliphatic hydroxyl groups excluding tert-OH is 1. The van der Waals surface area contributed by atoms with Crippen LogP contribution in [-0.4, -0.2) is 42.3 Å². The van der Waals surface area contributed by atoms with Gasteiger partial charge in [0, 0.05) is 25.6 Å². The van der Waals surface area contributed by atoms with Crippen molar-refractivity contribution in [2.75, 3.05) is 20.1 Å². The van der Waals surface area contributed by atoms with E-state index in [1.54, 1.807) is 11.9 Å². The Hall–Kier alpha value is -1.62. The molecule has 0 unspecified atom stereocenters. The molecule has 0 bridgehead atoms. The SMILES string of the molecule is CN(CC1CC(O)C1)C(=O)NCC1(c2ccc(F)cc2)CCCC1. The first-order valence-electron chi connectivity index (χ1n) is 8.92. The normalized spacial score (nSPS) is 25.1. The van der Waals surface area contributed by atoms with E-state index < -0.39 is 0 Å². The fourth-order valence-electron chi connectivity index (χ4n) is 4.12. The van der Waals surface area contributed by atoms with Crippen LogP contribution in [0.2, 0.25) is 0 Å². The predicted octanol–water partition coefficient (Wildman–Crippen LogP) is 3.05. The van der Waals surface area contributed by atoms with Crippen LogP contribution in [0.15, 0.2) is 24.3 Å². The Morgan fingerprint density at radius 1 is 1.29 bits per heavy atom. The summed E-state index contributed by atoms with van der Waals surface area (Å²) in [5.41, 5.74) is 1.04. The number of nitrogens with one attached hydrogen (secondary N) is 1. The number of aliphatic hydroxyl groups is 1. The number of rotatable bonds is 5. The molecule has 132 valence electrons. The topological polar surface area (TPSA) is 52.6 Å². The van der Waals surface area contributed by atoms with Crippen molar-refractivity contribution < 1.29 is 14.3 Å². The lowest BCUT2D eigenvalue weighted by molar-refractivity contribution is 0.0324. The van der Waals surface area contributed by atoms with E-state index in [-0.39, 0.29) is 23.4 Å². The molecule has 0 spiro atoms. The molecule has 24 heavy (non-hydrogen) atoms. The molecule has 2 saturated carbocycles. The highest BCUT2D eigenvalue weighted by Crippen LogP contribution is 2.40. The lowest BCUT2D eigenvalue weighted by Gasteiger charge is -2.35. The van der Waals surface area contributed by atoms with Crippen molar-refractivity contribution in [1.82, 2.24) is 10.2 Å². The van der Waals surface area contributed by atoms with Crippen LogP contribution in [-0.2, 0) is 5.41 Å². The van der Waals surface area contributed by atoms with Crippen LogP contribution in [0.3, 0.4) is 0 Å². The van der Waals surface area contributed by atoms with Crippen molar-refractivity contribution in [3.63, 3.8) is 0 Å². The molecule has 0 heterocycles. The van der Waals surface area contributed by atoms with E-state index in [4.69, 9.17) is 0 Å². The van der Waals surface area contributed by atoms with E-state index in [1.807, 2.05) is 12.1 Å². The number of nitrogens with zero attached hydrogens (tertiary/aromatic N) is 1. The summed E-state index contributed by atoms with van der Waals surface area (Å²) in [4.78, 5) is 14.1. The first kappa shape index (κ1) is 17.2. The maximum atomic E-state index is 13.2. The molecule has 2 N–H and O–H groups in total. The average Bonchev–Trinajstić information content (AvgIpc) is 3.01. The van der Waals surface area contributed by atoms with Gasteiger partial charge in [-0.1, -0.05) is 25.0 Å². The van der Waals surface area contributed by atoms with E-state index in [1.165, 1.54) is 12.1 Å². The number of carbonyl (C=O) groups excluding carboxylic acids is 1. The molecule has 1 aromatic carbocycles. The largest absolute Gasteiger partial charge is 0.393 e. The Kier molecular flexibility index (Phi) is 5.09. The number of hydrogen-bond donors (Lipinski definition) is 2. The summed E-state index contributed by atoms with van der Waals surface area (Å²) >= 11 is 0. The summed E-state index contributed by atoms with van der Waals surface area (Å²) in [6.07, 6.45) is 5.72. The number of halogens is 1. The first-order chi connectivity index (χ1) is 11.5. The highest BCUT2D eigenvalue weighted by atomic mass is 19.1. The molecular weight excluding hydrogens is 307 g/mol. The third-order valence-corrected chi connectivity index (χ3v) is 5.68. The number of benzene rings is 1. The molecule has 0 aliphatic heterocycles. The predicted molar refractivity (Wildman–Crippen MR) is 91.3 cm³/mol. The smallest absolute Gasteiger partial charge is 0.317 e. The standard InChI is InChI=1S/C19H27FN2O2/c1-22(12-14-10-17(23)11-14)18(24)21-13-19(8-2-3-9-19)15-4-6-16(20)7-5-15/h4-7,14,17,23H,2-3,8-13H2,1H3,(H,21,24). The van der Waals surface area contributed by atoms with Crippen molar-refractivity contribution in [1.29, 1.82) is 0 Å². The molecule has 2 fully saturated rings. The van der Waals surface area contributed by atoms with Gasteiger partial charge in [-0.3, -0.25) is 0 Å². The van der Waals surface area contributed by atoms with Crippen molar-refractivity contribution in [2.45, 2.75) is 50.0 Å². The summed E-state index contributed by atoms with van der Waals surface area (Å²) in [7, 11) is 1.80. The minimum atomic E-state index is -0.224. The minimum absolute atomic E-state index is 0.0650. The molecule has 0 aromatic heterocycles. The van der Waals surface area contributed by atoms with Crippen molar-refractivity contribution in [3.05, 3.63) is 35.6 Å². The van der Waals surface area contributed by atoms with Gasteiger partial charge in [0.05, 0.1) is 6.10 Å². The zero-order valence-corrected chi connectivity index (χ0v) is 14.3. The van der Waals surface area contributed by atoms with Gasteiger partial charge in [-0.05, 0) is 49.3 Å². The molecule has 2 aliphatic carbocycles. The van der Waals surface area contributed by atoms with Crippen LogP contribution >= 0.6 is 0 Å². The monoisotopic (exact) mass is 334 g/mol. The summed E-state index contributed by atoms with van der Waals surface area (Å²) in [5.74, 6) is 0.187. The van der Waals surface area contributed by atoms with Crippen LogP contribution in [0.5, 0.6) is 0 Å². The van der Waals surface area contributed by atoms with E-state index in [2.05, 4.69) is 5.32 Å². The fraction of sp³-hybridized carbons (Fsp3) is 0.632. The van der Waals surface area contributed by atoms with Gasteiger partial charge in [0.25, 0.3) is 0 Å². The molecule has 2 aliphatic rings. The van der Waals surface area contributed by atoms with Crippen molar-refractivity contribution in [2.24, 2.45) is 5.92 Å². The Morgan fingerprint density at radius 3 is 2.50 bits per heavy atom. The Bertz CT molecular complexity index is 563. The molecule has 0 radical (unpaired) electrons. The number of hydrogen-bond acceptors (Lipinski definition) is 2. The Morgan fingerprint density at radius 2 is 1.92 bits per heavy atom. The summed E-state index contributed by atoms with van der Waals surface area (Å²) in [5, 5.41) is 12.4. The molecule has 3 rings (SSSR count). The van der Waals surface area contributed by atoms with Crippen LogP contribution in [0.1, 0.15) is 44.1 Å². The zero-order valence-electron chi connectivity index (χ0n) is 14.3. The first-order valence-corrected chi connectivity index (χ1v) is 8.92. The Balaban J connectivity index is 1.58. The van der Waals surface area contributed by atoms with Gasteiger partial charge in [-0.25, -0.2) is 9.18 Å². The number of urea groups is 1. The van der Waals surface area contributed by atoms with Crippen LogP contribution in [0, 0.1) is 11.7 Å².